The van der Waals surface area contributed by atoms with E-state index in [-0.39, 0.29) is 24.6 Å². The average molecular weight is 140 g/mol. The third-order valence-electron chi connectivity index (χ3n) is 1.34. The molecule has 0 amide bonds. The molecule has 0 aromatic heterocycles. The van der Waals surface area contributed by atoms with Crippen LogP contribution in [0.3, 0.4) is 0 Å². The van der Waals surface area contributed by atoms with E-state index in [1.165, 1.54) is 0 Å². The second-order valence-electron chi connectivity index (χ2n) is 2.10. The summed E-state index contributed by atoms with van der Waals surface area (Å²) < 4.78 is 0. The maximum atomic E-state index is 11.0. The molecule has 1 aromatic rings. The van der Waals surface area contributed by atoms with Crippen molar-refractivity contribution in [2.45, 2.75) is 6.42 Å². The van der Waals surface area contributed by atoms with E-state index in [1.807, 2.05) is 12.1 Å². The van der Waals surface area contributed by atoms with E-state index >= 15 is 0 Å². The van der Waals surface area contributed by atoms with Crippen molar-refractivity contribution in [1.82, 2.24) is 0 Å². The van der Waals surface area contributed by atoms with Crippen LogP contribution in [0.4, 0.5) is 0 Å². The Balaban J connectivity index is 0.000001000. The molecule has 0 bridgehead atoms. The van der Waals surface area contributed by atoms with Crippen molar-refractivity contribution in [2.24, 2.45) is 0 Å². The minimum absolute atomic E-state index is 0. The van der Waals surface area contributed by atoms with Gasteiger partial charge >= 0.3 is 18.9 Å². The van der Waals surface area contributed by atoms with Crippen LogP contribution in [0.25, 0.3) is 0 Å². The van der Waals surface area contributed by atoms with E-state index in [0.717, 1.165) is 5.56 Å². The van der Waals surface area contributed by atoms with Gasteiger partial charge in [-0.1, -0.05) is 35.9 Å². The smallest absolute Gasteiger partial charge is 0.872 e. The van der Waals surface area contributed by atoms with Gasteiger partial charge in [-0.15, -0.1) is 12.3 Å². The number of para-hydroxylation sites is 1. The van der Waals surface area contributed by atoms with E-state index in [1.54, 1.807) is 18.2 Å². The van der Waals surface area contributed by atoms with Gasteiger partial charge in [0, 0.05) is 0 Å². The molecular weight excluding hydrogens is 131 g/mol. The van der Waals surface area contributed by atoms with Crippen molar-refractivity contribution in [1.29, 1.82) is 0 Å². The summed E-state index contributed by atoms with van der Waals surface area (Å²) in [5, 5.41) is 11.0. The van der Waals surface area contributed by atoms with Crippen LogP contribution in [-0.4, -0.2) is 0 Å². The third kappa shape index (κ3) is 2.84. The number of rotatable bonds is 2. The average Bonchev–Trinajstić information content (AvgIpc) is 1.94. The van der Waals surface area contributed by atoms with Gasteiger partial charge in [-0.05, 0) is 6.42 Å². The van der Waals surface area contributed by atoms with Gasteiger partial charge in [-0.3, -0.25) is 0 Å². The van der Waals surface area contributed by atoms with Crippen LogP contribution in [0.5, 0.6) is 5.75 Å². The van der Waals surface area contributed by atoms with Gasteiger partial charge in [-0.2, -0.15) is 0 Å². The molecule has 1 rings (SSSR count). The Hall–Kier alpha value is -0.643. The molecule has 0 aliphatic rings. The van der Waals surface area contributed by atoms with Crippen molar-refractivity contribution in [3.63, 3.8) is 0 Å². The number of hydrogen-bond donors (Lipinski definition) is 0. The fourth-order valence-corrected chi connectivity index (χ4v) is 0.828. The third-order valence-corrected chi connectivity index (χ3v) is 1.34. The zero-order valence-electron chi connectivity index (χ0n) is 6.71. The molecule has 0 saturated carbocycles. The monoisotopic (exact) mass is 140 g/mol. The van der Waals surface area contributed by atoms with Crippen LogP contribution < -0.4 is 24.0 Å². The van der Waals surface area contributed by atoms with Crippen LogP contribution in [0.2, 0.25) is 0 Å². The quantitative estimate of drug-likeness (QED) is 0.362. The largest absolute Gasteiger partial charge is 1.00 e. The topological polar surface area (TPSA) is 23.1 Å². The number of allylic oxidation sites excluding steroid dienone is 1. The van der Waals surface area contributed by atoms with Crippen LogP contribution in [-0.2, 0) is 6.42 Å². The second kappa shape index (κ2) is 5.07. The van der Waals surface area contributed by atoms with Crippen LogP contribution in [0.15, 0.2) is 36.9 Å². The molecule has 0 unspecified atom stereocenters. The number of benzene rings is 1. The Morgan fingerprint density at radius 1 is 1.36 bits per heavy atom. The minimum Gasteiger partial charge on any atom is -0.872 e. The molecule has 0 atom stereocenters. The first-order chi connectivity index (χ1) is 4.84. The summed E-state index contributed by atoms with van der Waals surface area (Å²) in [4.78, 5) is 0. The molecule has 0 spiro atoms. The molecule has 0 fully saturated rings. The van der Waals surface area contributed by atoms with E-state index in [9.17, 15) is 5.11 Å². The summed E-state index contributed by atoms with van der Waals surface area (Å²) in [6.07, 6.45) is 2.40. The normalized spacial score (nSPS) is 8.36. The van der Waals surface area contributed by atoms with Crippen molar-refractivity contribution in [3.05, 3.63) is 42.5 Å². The van der Waals surface area contributed by atoms with Gasteiger partial charge in [0.15, 0.2) is 0 Å². The van der Waals surface area contributed by atoms with E-state index in [2.05, 4.69) is 6.58 Å². The summed E-state index contributed by atoms with van der Waals surface area (Å²) in [5.41, 5.74) is 0.817. The Morgan fingerprint density at radius 3 is 2.55 bits per heavy atom. The van der Waals surface area contributed by atoms with E-state index in [0.29, 0.717) is 6.42 Å². The second-order valence-corrected chi connectivity index (χ2v) is 2.10. The van der Waals surface area contributed by atoms with Gasteiger partial charge in [0.05, 0.1) is 0 Å². The summed E-state index contributed by atoms with van der Waals surface area (Å²) in [6, 6.07) is 7.00. The van der Waals surface area contributed by atoms with Gasteiger partial charge < -0.3 is 5.11 Å². The predicted molar refractivity (Wildman–Crippen MR) is 39.8 cm³/mol. The molecule has 0 saturated heterocycles. The molecule has 52 valence electrons. The molecule has 2 heteroatoms. The Kier molecular flexibility index (Phi) is 4.77. The van der Waals surface area contributed by atoms with Crippen LogP contribution >= 0.6 is 0 Å². The summed E-state index contributed by atoms with van der Waals surface area (Å²) >= 11 is 0. The zero-order chi connectivity index (χ0) is 7.40. The minimum atomic E-state index is 0. The first-order valence-electron chi connectivity index (χ1n) is 3.20. The molecule has 0 radical (unpaired) electrons. The Morgan fingerprint density at radius 2 is 2.00 bits per heavy atom. The van der Waals surface area contributed by atoms with Crippen LogP contribution in [0.1, 0.15) is 5.56 Å². The molecule has 0 N–H and O–H groups in total. The van der Waals surface area contributed by atoms with Crippen molar-refractivity contribution >= 4 is 0 Å². The van der Waals surface area contributed by atoms with Gasteiger partial charge in [0.25, 0.3) is 0 Å². The molecule has 0 heterocycles. The first-order valence-corrected chi connectivity index (χ1v) is 3.20. The van der Waals surface area contributed by atoms with Gasteiger partial charge in [0.2, 0.25) is 0 Å². The van der Waals surface area contributed by atoms with Gasteiger partial charge in [-0.25, -0.2) is 0 Å². The summed E-state index contributed by atoms with van der Waals surface area (Å²) in [6.45, 7) is 3.56. The molecule has 0 aliphatic carbocycles. The summed E-state index contributed by atoms with van der Waals surface area (Å²) in [5.74, 6) is 0.0994. The molecular formula is C9H9LiO. The zero-order valence-corrected chi connectivity index (χ0v) is 6.71. The maximum absolute atomic E-state index is 11.0. The molecule has 1 aromatic carbocycles. The van der Waals surface area contributed by atoms with E-state index in [4.69, 9.17) is 0 Å². The van der Waals surface area contributed by atoms with Crippen molar-refractivity contribution in [2.75, 3.05) is 0 Å². The molecule has 0 aliphatic heterocycles. The maximum Gasteiger partial charge on any atom is 1.00 e. The van der Waals surface area contributed by atoms with Gasteiger partial charge in [0.1, 0.15) is 0 Å². The number of hydrogen-bond acceptors (Lipinski definition) is 1. The summed E-state index contributed by atoms with van der Waals surface area (Å²) in [7, 11) is 0. The standard InChI is InChI=1S/C9H10O.Li/c1-2-5-8-6-3-4-7-9(8)10;/h2-4,6-7,10H,1,5H2;/q;+1/p-1. The fourth-order valence-electron chi connectivity index (χ4n) is 0.828. The SMILES string of the molecule is C=CCc1ccccc1[O-].[Li+]. The van der Waals surface area contributed by atoms with E-state index < -0.39 is 0 Å². The molecule has 1 nitrogen and oxygen atoms in total. The Labute approximate surface area is 78.9 Å². The van der Waals surface area contributed by atoms with Crippen molar-refractivity contribution < 1.29 is 24.0 Å². The van der Waals surface area contributed by atoms with Crippen LogP contribution in [0, 0.1) is 0 Å². The Bertz CT molecular complexity index is 233. The molecule has 11 heavy (non-hydrogen) atoms. The first kappa shape index (κ1) is 10.4. The predicted octanol–water partition coefficient (Wildman–Crippen LogP) is -1.51. The fraction of sp³-hybridized carbons (Fsp3) is 0.111. The van der Waals surface area contributed by atoms with Crippen molar-refractivity contribution in [3.8, 4) is 5.75 Å².